The molecule has 0 spiro atoms. The zero-order chi connectivity index (χ0) is 13.8. The first-order valence-corrected chi connectivity index (χ1v) is 8.72. The zero-order valence-corrected chi connectivity index (χ0v) is 16.2. The standard InChI is InChI=1S/C12H10I3N3O/c13-7-5-8(11(15)9(14)6-7)12(19)18-2-1-10-16-3-4-17-10/h3-6H,1-2H2,(H,16,17)(H,18,19). The summed E-state index contributed by atoms with van der Waals surface area (Å²) in [6.45, 7) is 0.574. The molecule has 4 nitrogen and oxygen atoms in total. The Morgan fingerprint density at radius 2 is 2.11 bits per heavy atom. The number of amides is 1. The third kappa shape index (κ3) is 4.28. The Morgan fingerprint density at radius 3 is 2.79 bits per heavy atom. The molecule has 0 aliphatic heterocycles. The molecular formula is C12H10I3N3O. The van der Waals surface area contributed by atoms with Crippen molar-refractivity contribution >= 4 is 73.7 Å². The van der Waals surface area contributed by atoms with Gasteiger partial charge in [-0.1, -0.05) is 0 Å². The van der Waals surface area contributed by atoms with Crippen molar-refractivity contribution in [3.8, 4) is 0 Å². The van der Waals surface area contributed by atoms with Crippen LogP contribution in [-0.2, 0) is 6.42 Å². The summed E-state index contributed by atoms with van der Waals surface area (Å²) in [5, 5.41) is 2.92. The SMILES string of the molecule is O=C(NCCc1ncc[nH]1)c1cc(I)cc(I)c1I. The van der Waals surface area contributed by atoms with Crippen molar-refractivity contribution in [3.63, 3.8) is 0 Å². The van der Waals surface area contributed by atoms with Crippen LogP contribution in [0.5, 0.6) is 0 Å². The van der Waals surface area contributed by atoms with Gasteiger partial charge in [-0.25, -0.2) is 4.98 Å². The third-order valence-corrected chi connectivity index (χ3v) is 6.11. The Bertz CT molecular complexity index is 584. The molecule has 0 unspecified atom stereocenters. The zero-order valence-electron chi connectivity index (χ0n) is 9.71. The number of aromatic amines is 1. The second-order valence-electron chi connectivity index (χ2n) is 3.79. The van der Waals surface area contributed by atoms with Gasteiger partial charge in [0, 0.05) is 36.1 Å². The summed E-state index contributed by atoms with van der Waals surface area (Å²) < 4.78 is 3.16. The quantitative estimate of drug-likeness (QED) is 0.423. The maximum Gasteiger partial charge on any atom is 0.252 e. The molecule has 7 heteroatoms. The van der Waals surface area contributed by atoms with Crippen LogP contribution in [0, 0.1) is 10.7 Å². The minimum Gasteiger partial charge on any atom is -0.352 e. The number of hydrogen-bond acceptors (Lipinski definition) is 2. The Kier molecular flexibility index (Phi) is 5.87. The van der Waals surface area contributed by atoms with Crippen LogP contribution < -0.4 is 5.32 Å². The first kappa shape index (κ1) is 15.5. The van der Waals surface area contributed by atoms with Gasteiger partial charge >= 0.3 is 0 Å². The number of H-pyrrole nitrogens is 1. The van der Waals surface area contributed by atoms with E-state index in [1.807, 2.05) is 6.07 Å². The fraction of sp³-hybridized carbons (Fsp3) is 0.167. The van der Waals surface area contributed by atoms with Gasteiger partial charge in [0.2, 0.25) is 0 Å². The number of hydrogen-bond donors (Lipinski definition) is 2. The number of aromatic nitrogens is 2. The van der Waals surface area contributed by atoms with Gasteiger partial charge in [-0.05, 0) is 79.9 Å². The lowest BCUT2D eigenvalue weighted by Crippen LogP contribution is -2.27. The number of nitrogens with one attached hydrogen (secondary N) is 2. The van der Waals surface area contributed by atoms with Crippen molar-refractivity contribution in [1.29, 1.82) is 0 Å². The lowest BCUT2D eigenvalue weighted by Gasteiger charge is -2.08. The second-order valence-corrected chi connectivity index (χ2v) is 7.28. The van der Waals surface area contributed by atoms with Gasteiger partial charge in [-0.3, -0.25) is 4.79 Å². The molecule has 2 aromatic rings. The van der Waals surface area contributed by atoms with E-state index < -0.39 is 0 Å². The molecule has 1 aromatic carbocycles. The number of benzene rings is 1. The smallest absolute Gasteiger partial charge is 0.252 e. The van der Waals surface area contributed by atoms with Crippen LogP contribution in [0.25, 0.3) is 0 Å². The van der Waals surface area contributed by atoms with Crippen molar-refractivity contribution < 1.29 is 4.79 Å². The van der Waals surface area contributed by atoms with E-state index in [1.54, 1.807) is 12.4 Å². The molecule has 0 saturated carbocycles. The number of carbonyl (C=O) groups is 1. The molecule has 0 aliphatic carbocycles. The first-order valence-electron chi connectivity index (χ1n) is 5.49. The van der Waals surface area contributed by atoms with Crippen molar-refractivity contribution in [2.24, 2.45) is 0 Å². The van der Waals surface area contributed by atoms with Gasteiger partial charge in [0.25, 0.3) is 5.91 Å². The predicted molar refractivity (Wildman–Crippen MR) is 99.2 cm³/mol. The maximum atomic E-state index is 12.1. The fourth-order valence-corrected chi connectivity index (χ4v) is 3.95. The molecule has 0 bridgehead atoms. The Morgan fingerprint density at radius 1 is 1.32 bits per heavy atom. The molecule has 2 N–H and O–H groups in total. The highest BCUT2D eigenvalue weighted by Crippen LogP contribution is 2.22. The summed E-state index contributed by atoms with van der Waals surface area (Å²) in [7, 11) is 0. The lowest BCUT2D eigenvalue weighted by molar-refractivity contribution is 0.0953. The highest BCUT2D eigenvalue weighted by Gasteiger charge is 2.13. The summed E-state index contributed by atoms with van der Waals surface area (Å²) in [5.41, 5.74) is 0.733. The molecule has 100 valence electrons. The number of carbonyl (C=O) groups excluding carboxylic acids is 1. The molecule has 0 radical (unpaired) electrons. The Hall–Kier alpha value is 0.0900. The molecule has 1 heterocycles. The molecule has 0 atom stereocenters. The number of rotatable bonds is 4. The normalized spacial score (nSPS) is 10.5. The minimum absolute atomic E-state index is 0.0348. The largest absolute Gasteiger partial charge is 0.352 e. The van der Waals surface area contributed by atoms with Gasteiger partial charge in [0.05, 0.1) is 5.56 Å². The van der Waals surface area contributed by atoms with Crippen LogP contribution in [0.1, 0.15) is 16.2 Å². The van der Waals surface area contributed by atoms with Crippen LogP contribution in [0.4, 0.5) is 0 Å². The molecular weight excluding hydrogens is 583 g/mol. The van der Waals surface area contributed by atoms with E-state index in [2.05, 4.69) is 89.1 Å². The van der Waals surface area contributed by atoms with Gasteiger partial charge in [0.1, 0.15) is 5.82 Å². The van der Waals surface area contributed by atoms with E-state index in [9.17, 15) is 4.79 Å². The summed E-state index contributed by atoms with van der Waals surface area (Å²) >= 11 is 6.68. The highest BCUT2D eigenvalue weighted by molar-refractivity contribution is 14.1. The van der Waals surface area contributed by atoms with Crippen LogP contribution in [0.15, 0.2) is 24.5 Å². The van der Waals surface area contributed by atoms with Crippen LogP contribution in [-0.4, -0.2) is 22.4 Å². The molecule has 0 saturated heterocycles. The van der Waals surface area contributed by atoms with Crippen molar-refractivity contribution in [2.45, 2.75) is 6.42 Å². The average molecular weight is 593 g/mol. The topological polar surface area (TPSA) is 57.8 Å². The molecule has 0 aliphatic rings. The van der Waals surface area contributed by atoms with E-state index in [1.165, 1.54) is 0 Å². The van der Waals surface area contributed by atoms with Gasteiger partial charge < -0.3 is 10.3 Å². The molecule has 1 aromatic heterocycles. The highest BCUT2D eigenvalue weighted by atomic mass is 127. The summed E-state index contributed by atoms with van der Waals surface area (Å²) in [6.07, 6.45) is 4.19. The van der Waals surface area contributed by atoms with Crippen molar-refractivity contribution in [1.82, 2.24) is 15.3 Å². The van der Waals surface area contributed by atoms with Crippen molar-refractivity contribution in [2.75, 3.05) is 6.54 Å². The minimum atomic E-state index is -0.0348. The van der Waals surface area contributed by atoms with Crippen LogP contribution in [0.2, 0.25) is 0 Å². The Balaban J connectivity index is 2.00. The molecule has 19 heavy (non-hydrogen) atoms. The molecule has 0 fully saturated rings. The second kappa shape index (κ2) is 7.20. The fourth-order valence-electron chi connectivity index (χ4n) is 1.55. The van der Waals surface area contributed by atoms with Gasteiger partial charge in [-0.15, -0.1) is 0 Å². The lowest BCUT2D eigenvalue weighted by atomic mass is 10.2. The van der Waals surface area contributed by atoms with Crippen LogP contribution >= 0.6 is 67.8 Å². The van der Waals surface area contributed by atoms with Gasteiger partial charge in [0.15, 0.2) is 0 Å². The van der Waals surface area contributed by atoms with E-state index in [0.717, 1.165) is 22.1 Å². The molecule has 1 amide bonds. The first-order chi connectivity index (χ1) is 9.08. The monoisotopic (exact) mass is 593 g/mol. The Labute approximate surface area is 152 Å². The molecule has 2 rings (SSSR count). The third-order valence-electron chi connectivity index (χ3n) is 2.44. The number of imidazole rings is 1. The predicted octanol–water partition coefficient (Wildman–Crippen LogP) is 3.20. The van der Waals surface area contributed by atoms with E-state index in [0.29, 0.717) is 13.0 Å². The van der Waals surface area contributed by atoms with E-state index >= 15 is 0 Å². The maximum absolute atomic E-state index is 12.1. The number of halogens is 3. The average Bonchev–Trinajstić information content (AvgIpc) is 2.86. The summed E-state index contributed by atoms with van der Waals surface area (Å²) in [5.74, 6) is 0.847. The summed E-state index contributed by atoms with van der Waals surface area (Å²) in [4.78, 5) is 19.3. The van der Waals surface area contributed by atoms with E-state index in [4.69, 9.17) is 0 Å². The van der Waals surface area contributed by atoms with Crippen molar-refractivity contribution in [3.05, 3.63) is 46.6 Å². The summed E-state index contributed by atoms with van der Waals surface area (Å²) in [6, 6.07) is 3.97. The number of nitrogens with zero attached hydrogens (tertiary/aromatic N) is 1. The van der Waals surface area contributed by atoms with Gasteiger partial charge in [-0.2, -0.15) is 0 Å². The van der Waals surface area contributed by atoms with Crippen LogP contribution in [0.3, 0.4) is 0 Å². The van der Waals surface area contributed by atoms with E-state index in [-0.39, 0.29) is 5.91 Å².